The van der Waals surface area contributed by atoms with Crippen LogP contribution in [0.1, 0.15) is 15.9 Å². The van der Waals surface area contributed by atoms with Crippen molar-refractivity contribution in [2.24, 2.45) is 0 Å². The van der Waals surface area contributed by atoms with E-state index >= 15 is 0 Å². The maximum absolute atomic E-state index is 13.2. The molecule has 0 bridgehead atoms. The summed E-state index contributed by atoms with van der Waals surface area (Å²) in [4.78, 5) is 12.6. The minimum atomic E-state index is -4.63. The molecule has 0 saturated carbocycles. The molecule has 9 heteroatoms. The lowest BCUT2D eigenvalue weighted by Gasteiger charge is -2.16. The van der Waals surface area contributed by atoms with Crippen molar-refractivity contribution in [3.8, 4) is 23.0 Å². The largest absolute Gasteiger partial charge is 0.507 e. The normalized spacial score (nSPS) is 11.1. The first kappa shape index (κ1) is 21.3. The molecule has 0 saturated heterocycles. The summed E-state index contributed by atoms with van der Waals surface area (Å²) >= 11 is 5.84. The van der Waals surface area contributed by atoms with Crippen molar-refractivity contribution in [2.75, 3.05) is 12.4 Å². The number of ether oxygens (including phenoxy) is 2. The molecule has 0 heterocycles. The van der Waals surface area contributed by atoms with E-state index in [0.29, 0.717) is 11.5 Å². The highest BCUT2D eigenvalue weighted by Gasteiger charge is 2.31. The van der Waals surface area contributed by atoms with Gasteiger partial charge in [0, 0.05) is 5.02 Å². The first-order valence-electron chi connectivity index (χ1n) is 8.50. The van der Waals surface area contributed by atoms with Crippen LogP contribution >= 0.6 is 11.6 Å². The second-order valence-corrected chi connectivity index (χ2v) is 6.54. The van der Waals surface area contributed by atoms with E-state index in [4.69, 9.17) is 21.1 Å². The van der Waals surface area contributed by atoms with E-state index in [0.717, 1.165) is 18.2 Å². The first-order valence-corrected chi connectivity index (χ1v) is 8.88. The summed E-state index contributed by atoms with van der Waals surface area (Å²) in [6.45, 7) is 0. The molecule has 156 valence electrons. The summed E-state index contributed by atoms with van der Waals surface area (Å²) in [7, 11) is 1.49. The van der Waals surface area contributed by atoms with E-state index in [-0.39, 0.29) is 27.8 Å². The average Bonchev–Trinajstić information content (AvgIpc) is 2.70. The van der Waals surface area contributed by atoms with Crippen LogP contribution in [-0.2, 0) is 6.18 Å². The second kappa shape index (κ2) is 8.54. The summed E-state index contributed by atoms with van der Waals surface area (Å²) in [5.41, 5.74) is -1.41. The van der Waals surface area contributed by atoms with Crippen molar-refractivity contribution < 1.29 is 32.5 Å². The van der Waals surface area contributed by atoms with Crippen LogP contribution in [-0.4, -0.2) is 18.1 Å². The number of hydrogen-bond donors (Lipinski definition) is 2. The van der Waals surface area contributed by atoms with Gasteiger partial charge in [0.1, 0.15) is 17.2 Å². The number of carbonyl (C=O) groups is 1. The highest BCUT2D eigenvalue weighted by Crippen LogP contribution is 2.37. The van der Waals surface area contributed by atoms with Crippen molar-refractivity contribution in [3.63, 3.8) is 0 Å². The maximum Gasteiger partial charge on any atom is 0.416 e. The van der Waals surface area contributed by atoms with Gasteiger partial charge < -0.3 is 19.9 Å². The Hall–Kier alpha value is -3.39. The van der Waals surface area contributed by atoms with E-state index in [9.17, 15) is 23.1 Å². The Morgan fingerprint density at radius 3 is 2.30 bits per heavy atom. The third-order valence-electron chi connectivity index (χ3n) is 4.05. The second-order valence-electron chi connectivity index (χ2n) is 6.10. The number of methoxy groups -OCH3 is 1. The maximum atomic E-state index is 13.2. The smallest absolute Gasteiger partial charge is 0.416 e. The van der Waals surface area contributed by atoms with Gasteiger partial charge in [0.05, 0.1) is 23.9 Å². The van der Waals surface area contributed by atoms with Crippen LogP contribution in [0.3, 0.4) is 0 Å². The zero-order valence-corrected chi connectivity index (χ0v) is 16.2. The minimum Gasteiger partial charge on any atom is -0.507 e. The van der Waals surface area contributed by atoms with Crippen molar-refractivity contribution in [1.29, 1.82) is 0 Å². The van der Waals surface area contributed by atoms with Gasteiger partial charge in [-0.1, -0.05) is 11.6 Å². The SMILES string of the molecule is COc1ccc(Oc2ccc(C(F)(F)F)cc2NC(=O)c2cc(Cl)ccc2O)cc1. The standard InChI is InChI=1S/C21H15ClF3NO4/c1-29-14-4-6-15(7-5-14)30-19-9-2-12(21(23,24)25)10-17(19)26-20(28)16-11-13(22)3-8-18(16)27/h2-11,27H,1H3,(H,26,28). The molecule has 0 aliphatic heterocycles. The number of carbonyl (C=O) groups excluding carboxylic acids is 1. The summed E-state index contributed by atoms with van der Waals surface area (Å²) in [5.74, 6) is -0.366. The molecule has 0 spiro atoms. The van der Waals surface area contributed by atoms with Crippen molar-refractivity contribution in [1.82, 2.24) is 0 Å². The number of alkyl halides is 3. The van der Waals surface area contributed by atoms with E-state index in [1.807, 2.05) is 0 Å². The van der Waals surface area contributed by atoms with Gasteiger partial charge in [-0.3, -0.25) is 4.79 Å². The van der Waals surface area contributed by atoms with Crippen LogP contribution in [0.15, 0.2) is 60.7 Å². The molecule has 0 unspecified atom stereocenters. The molecule has 30 heavy (non-hydrogen) atoms. The topological polar surface area (TPSA) is 67.8 Å². The number of nitrogens with one attached hydrogen (secondary N) is 1. The number of hydrogen-bond acceptors (Lipinski definition) is 4. The Balaban J connectivity index is 1.96. The Labute approximate surface area is 174 Å². The lowest BCUT2D eigenvalue weighted by Crippen LogP contribution is -2.14. The molecule has 0 atom stereocenters. The van der Waals surface area contributed by atoms with Crippen molar-refractivity contribution in [2.45, 2.75) is 6.18 Å². The molecule has 5 nitrogen and oxygen atoms in total. The summed E-state index contributed by atoms with van der Waals surface area (Å²) < 4.78 is 50.2. The van der Waals surface area contributed by atoms with Crippen molar-refractivity contribution in [3.05, 3.63) is 76.8 Å². The summed E-state index contributed by atoms with van der Waals surface area (Å²) in [5, 5.41) is 12.4. The van der Waals surface area contributed by atoms with E-state index in [1.54, 1.807) is 24.3 Å². The summed E-state index contributed by atoms with van der Waals surface area (Å²) in [6, 6.07) is 12.8. The predicted molar refractivity (Wildman–Crippen MR) is 106 cm³/mol. The third-order valence-corrected chi connectivity index (χ3v) is 4.28. The number of anilines is 1. The van der Waals surface area contributed by atoms with Gasteiger partial charge in [0.25, 0.3) is 5.91 Å². The molecule has 3 rings (SSSR count). The number of benzene rings is 3. The van der Waals surface area contributed by atoms with E-state index < -0.39 is 17.6 Å². The molecule has 3 aromatic rings. The Bertz CT molecular complexity index is 1070. The Morgan fingerprint density at radius 2 is 1.67 bits per heavy atom. The van der Waals surface area contributed by atoms with Crippen LogP contribution < -0.4 is 14.8 Å². The highest BCUT2D eigenvalue weighted by molar-refractivity contribution is 6.31. The molecular formula is C21H15ClF3NO4. The highest BCUT2D eigenvalue weighted by atomic mass is 35.5. The fraction of sp³-hybridized carbons (Fsp3) is 0.0952. The third kappa shape index (κ3) is 4.96. The monoisotopic (exact) mass is 437 g/mol. The predicted octanol–water partition coefficient (Wildman–Crippen LogP) is 6.12. The molecule has 0 aliphatic carbocycles. The van der Waals surface area contributed by atoms with Crippen LogP contribution in [0, 0.1) is 0 Å². The average molecular weight is 438 g/mol. The molecule has 3 aromatic carbocycles. The molecule has 0 aromatic heterocycles. The number of amides is 1. The number of halogens is 4. The minimum absolute atomic E-state index is 0.0250. The van der Waals surface area contributed by atoms with E-state index in [2.05, 4.69) is 5.32 Å². The van der Waals surface area contributed by atoms with Crippen molar-refractivity contribution >= 4 is 23.2 Å². The zero-order valence-electron chi connectivity index (χ0n) is 15.5. The van der Waals surface area contributed by atoms with Gasteiger partial charge in [0.15, 0.2) is 5.75 Å². The molecule has 0 radical (unpaired) electrons. The van der Waals surface area contributed by atoms with Crippen LogP contribution in [0.25, 0.3) is 0 Å². The molecular weight excluding hydrogens is 423 g/mol. The lowest BCUT2D eigenvalue weighted by molar-refractivity contribution is -0.137. The molecule has 0 aliphatic rings. The van der Waals surface area contributed by atoms with Crippen LogP contribution in [0.2, 0.25) is 5.02 Å². The molecule has 1 amide bonds. The van der Waals surface area contributed by atoms with Gasteiger partial charge in [-0.05, 0) is 60.7 Å². The van der Waals surface area contributed by atoms with Gasteiger partial charge in [0.2, 0.25) is 0 Å². The quantitative estimate of drug-likeness (QED) is 0.504. The number of rotatable bonds is 5. The van der Waals surface area contributed by atoms with Gasteiger partial charge in [-0.2, -0.15) is 13.2 Å². The zero-order chi connectivity index (χ0) is 21.9. The van der Waals surface area contributed by atoms with Gasteiger partial charge >= 0.3 is 6.18 Å². The molecule has 2 N–H and O–H groups in total. The summed E-state index contributed by atoms with van der Waals surface area (Å²) in [6.07, 6.45) is -4.63. The lowest BCUT2D eigenvalue weighted by atomic mass is 10.1. The fourth-order valence-corrected chi connectivity index (χ4v) is 2.72. The fourth-order valence-electron chi connectivity index (χ4n) is 2.54. The Kier molecular flexibility index (Phi) is 6.07. The van der Waals surface area contributed by atoms with Gasteiger partial charge in [-0.15, -0.1) is 0 Å². The number of aromatic hydroxyl groups is 1. The molecule has 0 fully saturated rings. The van der Waals surface area contributed by atoms with E-state index in [1.165, 1.54) is 25.3 Å². The number of phenols is 1. The van der Waals surface area contributed by atoms with Crippen LogP contribution in [0.5, 0.6) is 23.0 Å². The number of phenolic OH excluding ortho intramolecular Hbond substituents is 1. The first-order chi connectivity index (χ1) is 14.2. The van der Waals surface area contributed by atoms with Crippen LogP contribution in [0.4, 0.5) is 18.9 Å². The Morgan fingerprint density at radius 1 is 1.00 bits per heavy atom. The van der Waals surface area contributed by atoms with Gasteiger partial charge in [-0.25, -0.2) is 0 Å².